The van der Waals surface area contributed by atoms with Gasteiger partial charge in [0.1, 0.15) is 5.69 Å². The zero-order valence-electron chi connectivity index (χ0n) is 18.4. The number of aliphatic hydroxyl groups excluding tert-OH is 1. The second-order valence-electron chi connectivity index (χ2n) is 8.36. The van der Waals surface area contributed by atoms with E-state index in [9.17, 15) is 9.90 Å². The van der Waals surface area contributed by atoms with E-state index in [0.29, 0.717) is 22.9 Å². The van der Waals surface area contributed by atoms with Crippen LogP contribution in [0.5, 0.6) is 0 Å². The van der Waals surface area contributed by atoms with E-state index in [1.807, 2.05) is 24.3 Å². The molecule has 7 heteroatoms. The maximum atomic E-state index is 13.0. The Labute approximate surface area is 183 Å². The number of allylic oxidation sites excluding steroid dienone is 1. The highest BCUT2D eigenvalue weighted by Crippen LogP contribution is 2.34. The number of aromatic nitrogens is 2. The van der Waals surface area contributed by atoms with E-state index in [2.05, 4.69) is 10.4 Å². The van der Waals surface area contributed by atoms with Crippen molar-refractivity contribution in [3.05, 3.63) is 59.0 Å². The Morgan fingerprint density at radius 3 is 2.39 bits per heavy atom. The van der Waals surface area contributed by atoms with Gasteiger partial charge in [-0.05, 0) is 42.9 Å². The molecule has 1 aliphatic carbocycles. The van der Waals surface area contributed by atoms with Gasteiger partial charge in [-0.2, -0.15) is 5.10 Å². The second kappa shape index (κ2) is 10.4. The molecule has 3 rings (SSSR count). The summed E-state index contributed by atoms with van der Waals surface area (Å²) in [6.07, 6.45) is 8.63. The summed E-state index contributed by atoms with van der Waals surface area (Å²) in [5.74, 6) is 0.242. The Morgan fingerprint density at radius 1 is 1.23 bits per heavy atom. The van der Waals surface area contributed by atoms with Crippen molar-refractivity contribution in [2.45, 2.75) is 51.5 Å². The van der Waals surface area contributed by atoms with Crippen molar-refractivity contribution in [3.63, 3.8) is 0 Å². The summed E-state index contributed by atoms with van der Waals surface area (Å²) in [7, 11) is 1.77. The Bertz CT molecular complexity index is 933. The number of aliphatic hydroxyl groups is 1. The number of hydrogen-bond donors (Lipinski definition) is 4. The maximum absolute atomic E-state index is 13.0. The molecule has 1 heterocycles. The quantitative estimate of drug-likeness (QED) is 0.402. The third-order valence-electron chi connectivity index (χ3n) is 6.12. The summed E-state index contributed by atoms with van der Waals surface area (Å²) < 4.78 is 1.59. The Kier molecular flexibility index (Phi) is 7.63. The molecule has 0 bridgehead atoms. The number of rotatable bonds is 7. The topological polar surface area (TPSA) is 117 Å². The van der Waals surface area contributed by atoms with Crippen molar-refractivity contribution in [3.8, 4) is 0 Å². The third kappa shape index (κ3) is 5.41. The molecule has 166 valence electrons. The molecule has 2 aromatic rings. The highest BCUT2D eigenvalue weighted by molar-refractivity contribution is 6.23. The summed E-state index contributed by atoms with van der Waals surface area (Å²) in [5.41, 5.74) is 9.49. The van der Waals surface area contributed by atoms with Crippen LogP contribution in [0.2, 0.25) is 0 Å². The van der Waals surface area contributed by atoms with Gasteiger partial charge in [-0.1, -0.05) is 49.9 Å². The minimum Gasteiger partial charge on any atom is -0.402 e. The molecule has 31 heavy (non-hydrogen) atoms. The number of benzene rings is 1. The van der Waals surface area contributed by atoms with Crippen molar-refractivity contribution in [1.29, 1.82) is 5.41 Å². The summed E-state index contributed by atoms with van der Waals surface area (Å²) >= 11 is 0. The van der Waals surface area contributed by atoms with Crippen LogP contribution in [-0.2, 0) is 7.05 Å². The van der Waals surface area contributed by atoms with Crippen LogP contribution in [0, 0.1) is 11.3 Å². The average Bonchev–Trinajstić information content (AvgIpc) is 3.01. The molecule has 1 atom stereocenters. The monoisotopic (exact) mass is 423 g/mol. The van der Waals surface area contributed by atoms with E-state index in [0.717, 1.165) is 24.0 Å². The van der Waals surface area contributed by atoms with Gasteiger partial charge in [0, 0.05) is 24.5 Å². The van der Waals surface area contributed by atoms with Gasteiger partial charge in [0.05, 0.1) is 18.4 Å². The molecule has 1 aromatic carbocycles. The van der Waals surface area contributed by atoms with Crippen LogP contribution in [-0.4, -0.2) is 33.1 Å². The fraction of sp³-hybridized carbons (Fsp3) is 0.458. The molecule has 1 amide bonds. The van der Waals surface area contributed by atoms with Gasteiger partial charge < -0.3 is 21.6 Å². The van der Waals surface area contributed by atoms with Crippen LogP contribution in [0.3, 0.4) is 0 Å². The summed E-state index contributed by atoms with van der Waals surface area (Å²) in [6.45, 7) is 1.37. The second-order valence-corrected chi connectivity index (χ2v) is 8.36. The van der Waals surface area contributed by atoms with Gasteiger partial charge in [0.2, 0.25) is 0 Å². The van der Waals surface area contributed by atoms with E-state index >= 15 is 0 Å². The van der Waals surface area contributed by atoms with Gasteiger partial charge in [-0.3, -0.25) is 9.48 Å². The van der Waals surface area contributed by atoms with Gasteiger partial charge in [-0.15, -0.1) is 0 Å². The van der Waals surface area contributed by atoms with Crippen LogP contribution in [0.4, 0.5) is 0 Å². The molecular weight excluding hydrogens is 390 g/mol. The first-order chi connectivity index (χ1) is 14.9. The fourth-order valence-electron chi connectivity index (χ4n) is 4.51. The number of amides is 1. The lowest BCUT2D eigenvalue weighted by atomic mass is 9.86. The van der Waals surface area contributed by atoms with Crippen LogP contribution in [0.15, 0.2) is 42.2 Å². The van der Waals surface area contributed by atoms with E-state index in [4.69, 9.17) is 11.1 Å². The van der Waals surface area contributed by atoms with Crippen molar-refractivity contribution in [1.82, 2.24) is 15.1 Å². The SMILES string of the molecule is C/C(N)=C(/C(=N)CO)c1ccc(C(NC(=O)c2ccnn2C)C2CCCCCC2)cc1. The normalized spacial score (nSPS) is 16.9. The minimum absolute atomic E-state index is 0.0950. The summed E-state index contributed by atoms with van der Waals surface area (Å²) in [6, 6.07) is 9.48. The smallest absolute Gasteiger partial charge is 0.270 e. The molecule has 0 spiro atoms. The largest absolute Gasteiger partial charge is 0.402 e. The molecule has 1 saturated carbocycles. The van der Waals surface area contributed by atoms with E-state index in [-0.39, 0.29) is 24.3 Å². The molecule has 0 radical (unpaired) electrons. The van der Waals surface area contributed by atoms with Gasteiger partial charge >= 0.3 is 0 Å². The van der Waals surface area contributed by atoms with Crippen LogP contribution in [0.1, 0.15) is 73.1 Å². The molecular formula is C24H33N5O2. The third-order valence-corrected chi connectivity index (χ3v) is 6.12. The number of nitrogens with two attached hydrogens (primary N) is 1. The van der Waals surface area contributed by atoms with E-state index in [1.54, 1.807) is 30.9 Å². The number of nitrogens with one attached hydrogen (secondary N) is 2. The van der Waals surface area contributed by atoms with Crippen molar-refractivity contribution >= 4 is 17.2 Å². The van der Waals surface area contributed by atoms with Crippen molar-refractivity contribution < 1.29 is 9.90 Å². The number of carbonyl (C=O) groups is 1. The zero-order valence-corrected chi connectivity index (χ0v) is 18.4. The lowest BCUT2D eigenvalue weighted by Crippen LogP contribution is -2.34. The van der Waals surface area contributed by atoms with Crippen LogP contribution in [0.25, 0.3) is 5.57 Å². The predicted molar refractivity (Wildman–Crippen MR) is 123 cm³/mol. The van der Waals surface area contributed by atoms with Crippen LogP contribution < -0.4 is 11.1 Å². The maximum Gasteiger partial charge on any atom is 0.270 e. The van der Waals surface area contributed by atoms with E-state index in [1.165, 1.54) is 25.7 Å². The first-order valence-electron chi connectivity index (χ1n) is 11.0. The Balaban J connectivity index is 1.91. The van der Waals surface area contributed by atoms with Crippen molar-refractivity contribution in [2.75, 3.05) is 6.61 Å². The van der Waals surface area contributed by atoms with Gasteiger partial charge in [-0.25, -0.2) is 0 Å². The minimum atomic E-state index is -0.364. The molecule has 1 unspecified atom stereocenters. The standard InChI is InChI=1S/C24H33N5O2/c1-16(25)22(20(26)15-30)17-9-11-19(12-10-17)23(18-7-5-3-4-6-8-18)28-24(31)21-13-14-27-29(21)2/h9-14,18,23,26,30H,3-8,15,25H2,1-2H3,(H,28,31)/b22-16-,26-20?. The molecule has 1 fully saturated rings. The fourth-order valence-corrected chi connectivity index (χ4v) is 4.51. The molecule has 1 aromatic heterocycles. The Morgan fingerprint density at radius 2 is 1.87 bits per heavy atom. The van der Waals surface area contributed by atoms with Gasteiger partial charge in [0.25, 0.3) is 5.91 Å². The number of nitrogens with zero attached hydrogens (tertiary/aromatic N) is 2. The number of hydrogen-bond acceptors (Lipinski definition) is 5. The van der Waals surface area contributed by atoms with Crippen molar-refractivity contribution in [2.24, 2.45) is 18.7 Å². The van der Waals surface area contributed by atoms with Gasteiger partial charge in [0.15, 0.2) is 0 Å². The molecule has 7 nitrogen and oxygen atoms in total. The zero-order chi connectivity index (χ0) is 22.4. The molecule has 5 N–H and O–H groups in total. The van der Waals surface area contributed by atoms with Crippen LogP contribution >= 0.6 is 0 Å². The highest BCUT2D eigenvalue weighted by Gasteiger charge is 2.27. The van der Waals surface area contributed by atoms with E-state index < -0.39 is 0 Å². The molecule has 1 aliphatic rings. The lowest BCUT2D eigenvalue weighted by Gasteiger charge is -2.28. The first kappa shape index (κ1) is 22.7. The number of aryl methyl sites for hydroxylation is 1. The predicted octanol–water partition coefficient (Wildman–Crippen LogP) is 3.56. The average molecular weight is 424 g/mol. The Hall–Kier alpha value is -2.93. The molecule has 0 saturated heterocycles. The first-order valence-corrected chi connectivity index (χ1v) is 11.0. The lowest BCUT2D eigenvalue weighted by molar-refractivity contribution is 0.0908. The number of carbonyl (C=O) groups excluding carboxylic acids is 1. The summed E-state index contributed by atoms with van der Waals surface area (Å²) in [4.78, 5) is 13.0. The molecule has 0 aliphatic heterocycles. The highest BCUT2D eigenvalue weighted by atomic mass is 16.3. The summed E-state index contributed by atoms with van der Waals surface area (Å²) in [5, 5.41) is 24.8.